The SMILES string of the molecule is CC(CC1CCCC1)C(=O)N1CCC(C(C)O)C1. The van der Waals surface area contributed by atoms with Crippen molar-refractivity contribution in [2.24, 2.45) is 17.8 Å². The highest BCUT2D eigenvalue weighted by molar-refractivity contribution is 5.78. The Morgan fingerprint density at radius 2 is 1.94 bits per heavy atom. The molecule has 1 amide bonds. The van der Waals surface area contributed by atoms with Crippen molar-refractivity contribution in [3.8, 4) is 0 Å². The minimum absolute atomic E-state index is 0.167. The summed E-state index contributed by atoms with van der Waals surface area (Å²) in [6, 6.07) is 0. The van der Waals surface area contributed by atoms with Gasteiger partial charge in [0.1, 0.15) is 0 Å². The van der Waals surface area contributed by atoms with Crippen LogP contribution in [-0.4, -0.2) is 35.1 Å². The number of carbonyl (C=O) groups excluding carboxylic acids is 1. The van der Waals surface area contributed by atoms with Crippen LogP contribution in [-0.2, 0) is 4.79 Å². The average molecular weight is 253 g/mol. The minimum atomic E-state index is -0.284. The van der Waals surface area contributed by atoms with Crippen molar-refractivity contribution in [3.63, 3.8) is 0 Å². The van der Waals surface area contributed by atoms with Crippen LogP contribution in [0.15, 0.2) is 0 Å². The first-order valence-corrected chi connectivity index (χ1v) is 7.54. The zero-order chi connectivity index (χ0) is 13.1. The largest absolute Gasteiger partial charge is 0.393 e. The first kappa shape index (κ1) is 13.9. The lowest BCUT2D eigenvalue weighted by Crippen LogP contribution is -2.35. The Morgan fingerprint density at radius 1 is 1.28 bits per heavy atom. The molecule has 3 nitrogen and oxygen atoms in total. The van der Waals surface area contributed by atoms with E-state index in [0.717, 1.165) is 31.8 Å². The summed E-state index contributed by atoms with van der Waals surface area (Å²) >= 11 is 0. The highest BCUT2D eigenvalue weighted by atomic mass is 16.3. The molecule has 1 saturated heterocycles. The standard InChI is InChI=1S/C15H27NO2/c1-11(9-13-5-3-4-6-13)15(18)16-8-7-14(10-16)12(2)17/h11-14,17H,3-10H2,1-2H3. The molecule has 1 aliphatic heterocycles. The number of hydrogen-bond donors (Lipinski definition) is 1. The Bertz CT molecular complexity index is 284. The van der Waals surface area contributed by atoms with E-state index in [1.807, 2.05) is 11.8 Å². The summed E-state index contributed by atoms with van der Waals surface area (Å²) in [5.74, 6) is 1.54. The molecule has 0 radical (unpaired) electrons. The summed E-state index contributed by atoms with van der Waals surface area (Å²) in [5.41, 5.74) is 0. The Hall–Kier alpha value is -0.570. The maximum atomic E-state index is 12.3. The predicted molar refractivity (Wildman–Crippen MR) is 72.1 cm³/mol. The van der Waals surface area contributed by atoms with Crippen molar-refractivity contribution in [1.82, 2.24) is 4.90 Å². The predicted octanol–water partition coefficient (Wildman–Crippen LogP) is 2.43. The van der Waals surface area contributed by atoms with Gasteiger partial charge in [0.05, 0.1) is 6.10 Å². The molecule has 0 aromatic carbocycles. The lowest BCUT2D eigenvalue weighted by molar-refractivity contribution is -0.134. The highest BCUT2D eigenvalue weighted by Crippen LogP contribution is 2.31. The Labute approximate surface area is 111 Å². The zero-order valence-corrected chi connectivity index (χ0v) is 11.8. The molecule has 2 fully saturated rings. The second-order valence-corrected chi connectivity index (χ2v) is 6.36. The van der Waals surface area contributed by atoms with Gasteiger partial charge in [-0.05, 0) is 25.7 Å². The van der Waals surface area contributed by atoms with Crippen LogP contribution in [0, 0.1) is 17.8 Å². The molecule has 2 rings (SSSR count). The van der Waals surface area contributed by atoms with E-state index in [1.54, 1.807) is 0 Å². The van der Waals surface area contributed by atoms with Crippen molar-refractivity contribution >= 4 is 5.91 Å². The maximum absolute atomic E-state index is 12.3. The maximum Gasteiger partial charge on any atom is 0.225 e. The fraction of sp³-hybridized carbons (Fsp3) is 0.933. The number of hydrogen-bond acceptors (Lipinski definition) is 2. The molecule has 0 aromatic rings. The van der Waals surface area contributed by atoms with Crippen molar-refractivity contribution in [3.05, 3.63) is 0 Å². The monoisotopic (exact) mass is 253 g/mol. The summed E-state index contributed by atoms with van der Waals surface area (Å²) < 4.78 is 0. The topological polar surface area (TPSA) is 40.5 Å². The van der Waals surface area contributed by atoms with Crippen LogP contribution in [0.2, 0.25) is 0 Å². The fourth-order valence-corrected chi connectivity index (χ4v) is 3.54. The van der Waals surface area contributed by atoms with Crippen LogP contribution < -0.4 is 0 Å². The lowest BCUT2D eigenvalue weighted by Gasteiger charge is -2.23. The fourth-order valence-electron chi connectivity index (χ4n) is 3.54. The van der Waals surface area contributed by atoms with Gasteiger partial charge in [0.25, 0.3) is 0 Å². The van der Waals surface area contributed by atoms with Gasteiger partial charge in [-0.2, -0.15) is 0 Å². The molecule has 3 heteroatoms. The van der Waals surface area contributed by atoms with E-state index in [0.29, 0.717) is 5.91 Å². The first-order valence-electron chi connectivity index (χ1n) is 7.54. The van der Waals surface area contributed by atoms with Crippen molar-refractivity contribution in [2.45, 2.75) is 58.5 Å². The third-order valence-electron chi connectivity index (χ3n) is 4.80. The number of rotatable bonds is 4. The number of aliphatic hydroxyl groups is 1. The second kappa shape index (κ2) is 6.05. The zero-order valence-electron chi connectivity index (χ0n) is 11.8. The van der Waals surface area contributed by atoms with E-state index in [1.165, 1.54) is 25.7 Å². The third-order valence-corrected chi connectivity index (χ3v) is 4.80. The van der Waals surface area contributed by atoms with E-state index in [9.17, 15) is 9.90 Å². The molecule has 2 aliphatic rings. The van der Waals surface area contributed by atoms with Crippen LogP contribution in [0.4, 0.5) is 0 Å². The molecular weight excluding hydrogens is 226 g/mol. The quantitative estimate of drug-likeness (QED) is 0.836. The number of likely N-dealkylation sites (tertiary alicyclic amines) is 1. The van der Waals surface area contributed by atoms with Gasteiger partial charge < -0.3 is 10.0 Å². The van der Waals surface area contributed by atoms with Crippen molar-refractivity contribution < 1.29 is 9.90 Å². The number of carbonyl (C=O) groups is 1. The van der Waals surface area contributed by atoms with Gasteiger partial charge in [0.2, 0.25) is 5.91 Å². The van der Waals surface area contributed by atoms with Crippen molar-refractivity contribution in [2.75, 3.05) is 13.1 Å². The molecule has 0 spiro atoms. The smallest absolute Gasteiger partial charge is 0.225 e. The molecule has 0 aromatic heterocycles. The van der Waals surface area contributed by atoms with Gasteiger partial charge >= 0.3 is 0 Å². The Balaban J connectivity index is 1.79. The summed E-state index contributed by atoms with van der Waals surface area (Å²) in [4.78, 5) is 14.3. The molecule has 104 valence electrons. The second-order valence-electron chi connectivity index (χ2n) is 6.36. The van der Waals surface area contributed by atoms with Crippen LogP contribution in [0.3, 0.4) is 0 Å². The van der Waals surface area contributed by atoms with Crippen LogP contribution in [0.5, 0.6) is 0 Å². The lowest BCUT2D eigenvalue weighted by atomic mass is 9.93. The molecule has 1 N–H and O–H groups in total. The molecule has 3 unspecified atom stereocenters. The number of nitrogens with zero attached hydrogens (tertiary/aromatic N) is 1. The summed E-state index contributed by atoms with van der Waals surface area (Å²) in [7, 11) is 0. The molecule has 1 heterocycles. The molecular formula is C15H27NO2. The van der Waals surface area contributed by atoms with Crippen LogP contribution in [0.1, 0.15) is 52.4 Å². The normalized spacial score (nSPS) is 28.6. The molecule has 18 heavy (non-hydrogen) atoms. The summed E-state index contributed by atoms with van der Waals surface area (Å²) in [5, 5.41) is 9.58. The van der Waals surface area contributed by atoms with E-state index < -0.39 is 0 Å². The minimum Gasteiger partial charge on any atom is -0.393 e. The number of aliphatic hydroxyl groups excluding tert-OH is 1. The van der Waals surface area contributed by atoms with E-state index in [-0.39, 0.29) is 17.9 Å². The van der Waals surface area contributed by atoms with Gasteiger partial charge in [0, 0.05) is 24.9 Å². The third kappa shape index (κ3) is 3.25. The molecule has 3 atom stereocenters. The molecule has 0 bridgehead atoms. The van der Waals surface area contributed by atoms with E-state index in [4.69, 9.17) is 0 Å². The molecule has 1 aliphatic carbocycles. The van der Waals surface area contributed by atoms with Gasteiger partial charge in [-0.25, -0.2) is 0 Å². The first-order chi connectivity index (χ1) is 8.58. The van der Waals surface area contributed by atoms with Gasteiger partial charge in [-0.3, -0.25) is 4.79 Å². The summed E-state index contributed by atoms with van der Waals surface area (Å²) in [6.07, 6.45) is 7.06. The highest BCUT2D eigenvalue weighted by Gasteiger charge is 2.32. The van der Waals surface area contributed by atoms with Crippen LogP contribution >= 0.6 is 0 Å². The summed E-state index contributed by atoms with van der Waals surface area (Å²) in [6.45, 7) is 5.51. The van der Waals surface area contributed by atoms with Gasteiger partial charge in [-0.15, -0.1) is 0 Å². The van der Waals surface area contributed by atoms with Crippen molar-refractivity contribution in [1.29, 1.82) is 0 Å². The Kier molecular flexibility index (Phi) is 4.66. The Morgan fingerprint density at radius 3 is 2.50 bits per heavy atom. The number of amides is 1. The van der Waals surface area contributed by atoms with Crippen LogP contribution in [0.25, 0.3) is 0 Å². The van der Waals surface area contributed by atoms with E-state index in [2.05, 4.69) is 6.92 Å². The van der Waals surface area contributed by atoms with Gasteiger partial charge in [-0.1, -0.05) is 32.6 Å². The van der Waals surface area contributed by atoms with Gasteiger partial charge in [0.15, 0.2) is 0 Å². The molecule has 1 saturated carbocycles. The van der Waals surface area contributed by atoms with E-state index >= 15 is 0 Å². The average Bonchev–Trinajstić information content (AvgIpc) is 2.98.